The van der Waals surface area contributed by atoms with E-state index in [1.165, 1.54) is 16.9 Å². The van der Waals surface area contributed by atoms with Crippen molar-refractivity contribution in [3.05, 3.63) is 57.8 Å². The quantitative estimate of drug-likeness (QED) is 0.860. The van der Waals surface area contributed by atoms with Gasteiger partial charge in [0.1, 0.15) is 4.88 Å². The number of amides is 1. The maximum Gasteiger partial charge on any atom is 0.345 e. The van der Waals surface area contributed by atoms with Crippen LogP contribution in [0.15, 0.2) is 42.5 Å². The van der Waals surface area contributed by atoms with Gasteiger partial charge in [-0.25, -0.2) is 4.79 Å². The molecule has 1 aromatic heterocycles. The smallest absolute Gasteiger partial charge is 0.345 e. The third-order valence-electron chi connectivity index (χ3n) is 3.93. The fourth-order valence-corrected chi connectivity index (χ4v) is 3.45. The SMILES string of the molecule is O=C(C[C@@H]1C[C@H]1c1ccccc1)NCc1ccc(C(=O)O)s1. The number of thiophene rings is 1. The summed E-state index contributed by atoms with van der Waals surface area (Å²) in [5.74, 6) is 0.0487. The molecule has 0 unspecified atom stereocenters. The van der Waals surface area contributed by atoms with Gasteiger partial charge in [0.05, 0.1) is 6.54 Å². The molecule has 0 bridgehead atoms. The zero-order valence-corrected chi connectivity index (χ0v) is 12.8. The van der Waals surface area contributed by atoms with E-state index >= 15 is 0 Å². The molecule has 1 heterocycles. The third kappa shape index (κ3) is 3.54. The summed E-state index contributed by atoms with van der Waals surface area (Å²) in [5, 5.41) is 11.7. The third-order valence-corrected chi connectivity index (χ3v) is 5.00. The molecule has 3 rings (SSSR count). The number of carbonyl (C=O) groups is 2. The Morgan fingerprint density at radius 1 is 1.18 bits per heavy atom. The van der Waals surface area contributed by atoms with Crippen LogP contribution in [0.5, 0.6) is 0 Å². The van der Waals surface area contributed by atoms with E-state index in [4.69, 9.17) is 5.11 Å². The van der Waals surface area contributed by atoms with Crippen LogP contribution in [0.2, 0.25) is 0 Å². The largest absolute Gasteiger partial charge is 0.477 e. The van der Waals surface area contributed by atoms with Gasteiger partial charge >= 0.3 is 5.97 Å². The second kappa shape index (κ2) is 6.32. The van der Waals surface area contributed by atoms with Gasteiger partial charge in [0.2, 0.25) is 5.91 Å². The van der Waals surface area contributed by atoms with Crippen molar-refractivity contribution in [3.63, 3.8) is 0 Å². The molecule has 22 heavy (non-hydrogen) atoms. The van der Waals surface area contributed by atoms with Crippen LogP contribution in [-0.4, -0.2) is 17.0 Å². The molecule has 1 aliphatic rings. The lowest BCUT2D eigenvalue weighted by Crippen LogP contribution is -2.22. The number of benzene rings is 1. The topological polar surface area (TPSA) is 66.4 Å². The number of carboxylic acids is 1. The highest BCUT2D eigenvalue weighted by atomic mass is 32.1. The van der Waals surface area contributed by atoms with Crippen molar-refractivity contribution >= 4 is 23.2 Å². The van der Waals surface area contributed by atoms with E-state index in [9.17, 15) is 9.59 Å². The predicted molar refractivity (Wildman–Crippen MR) is 85.0 cm³/mol. The first-order valence-electron chi connectivity index (χ1n) is 7.27. The Hall–Kier alpha value is -2.14. The van der Waals surface area contributed by atoms with E-state index in [0.717, 1.165) is 11.3 Å². The summed E-state index contributed by atoms with van der Waals surface area (Å²) in [7, 11) is 0. The van der Waals surface area contributed by atoms with Gasteiger partial charge in [-0.05, 0) is 36.0 Å². The first-order valence-corrected chi connectivity index (χ1v) is 8.09. The van der Waals surface area contributed by atoms with E-state index < -0.39 is 5.97 Å². The van der Waals surface area contributed by atoms with Gasteiger partial charge in [-0.1, -0.05) is 30.3 Å². The molecule has 5 heteroatoms. The summed E-state index contributed by atoms with van der Waals surface area (Å²) in [6, 6.07) is 13.6. The number of aromatic carboxylic acids is 1. The molecule has 1 saturated carbocycles. The van der Waals surface area contributed by atoms with E-state index in [1.807, 2.05) is 18.2 Å². The second-order valence-corrected chi connectivity index (χ2v) is 6.73. The summed E-state index contributed by atoms with van der Waals surface area (Å²) in [6.07, 6.45) is 1.61. The molecule has 114 valence electrons. The molecule has 2 aromatic rings. The minimum Gasteiger partial charge on any atom is -0.477 e. The standard InChI is InChI=1S/C17H17NO3S/c19-16(18-10-13-6-7-15(22-13)17(20)21)9-12-8-14(12)11-4-2-1-3-5-11/h1-7,12,14H,8-10H2,(H,18,19)(H,20,21)/t12-,14-/m0/s1. The van der Waals surface area contributed by atoms with Gasteiger partial charge in [0.15, 0.2) is 0 Å². The van der Waals surface area contributed by atoms with Gasteiger partial charge in [0, 0.05) is 11.3 Å². The van der Waals surface area contributed by atoms with Gasteiger partial charge in [-0.15, -0.1) is 11.3 Å². The molecule has 2 atom stereocenters. The second-order valence-electron chi connectivity index (χ2n) is 5.56. The molecule has 1 aliphatic carbocycles. The molecule has 0 spiro atoms. The molecule has 0 radical (unpaired) electrons. The lowest BCUT2D eigenvalue weighted by atomic mass is 10.1. The zero-order chi connectivity index (χ0) is 15.5. The highest BCUT2D eigenvalue weighted by Crippen LogP contribution is 2.49. The molecule has 1 aromatic carbocycles. The monoisotopic (exact) mass is 315 g/mol. The number of hydrogen-bond acceptors (Lipinski definition) is 3. The molecular weight excluding hydrogens is 298 g/mol. The average molecular weight is 315 g/mol. The minimum absolute atomic E-state index is 0.0358. The highest BCUT2D eigenvalue weighted by molar-refractivity contribution is 7.13. The van der Waals surface area contributed by atoms with E-state index in [2.05, 4.69) is 17.4 Å². The summed E-state index contributed by atoms with van der Waals surface area (Å²) < 4.78 is 0. The van der Waals surface area contributed by atoms with Crippen molar-refractivity contribution in [1.82, 2.24) is 5.32 Å². The first kappa shape index (κ1) is 14.8. The zero-order valence-electron chi connectivity index (χ0n) is 12.0. The van der Waals surface area contributed by atoms with Crippen LogP contribution in [-0.2, 0) is 11.3 Å². The predicted octanol–water partition coefficient (Wildman–Crippen LogP) is 3.26. The summed E-state index contributed by atoms with van der Waals surface area (Å²) >= 11 is 1.20. The Balaban J connectivity index is 1.45. The van der Waals surface area contributed by atoms with Gasteiger partial charge in [-0.3, -0.25) is 4.79 Å². The number of nitrogens with one attached hydrogen (secondary N) is 1. The minimum atomic E-state index is -0.925. The highest BCUT2D eigenvalue weighted by Gasteiger charge is 2.39. The average Bonchev–Trinajstić information content (AvgIpc) is 3.10. The van der Waals surface area contributed by atoms with Crippen molar-refractivity contribution < 1.29 is 14.7 Å². The maximum atomic E-state index is 12.0. The van der Waals surface area contributed by atoms with E-state index in [-0.39, 0.29) is 5.91 Å². The Labute approximate surface area is 132 Å². The Bertz CT molecular complexity index is 680. The van der Waals surface area contributed by atoms with Gasteiger partial charge in [0.25, 0.3) is 0 Å². The van der Waals surface area contributed by atoms with Crippen LogP contribution in [0.3, 0.4) is 0 Å². The lowest BCUT2D eigenvalue weighted by Gasteiger charge is -2.03. The number of rotatable bonds is 6. The van der Waals surface area contributed by atoms with Crippen molar-refractivity contribution in [1.29, 1.82) is 0 Å². The van der Waals surface area contributed by atoms with Crippen LogP contribution in [0.25, 0.3) is 0 Å². The molecular formula is C17H17NO3S. The van der Waals surface area contributed by atoms with Crippen LogP contribution in [0.1, 0.15) is 38.9 Å². The fraction of sp³-hybridized carbons (Fsp3) is 0.294. The molecule has 0 saturated heterocycles. The van der Waals surface area contributed by atoms with Crippen LogP contribution in [0.4, 0.5) is 0 Å². The fourth-order valence-electron chi connectivity index (χ4n) is 2.67. The summed E-state index contributed by atoms with van der Waals surface area (Å²) in [5.41, 5.74) is 1.31. The maximum absolute atomic E-state index is 12.0. The van der Waals surface area contributed by atoms with Gasteiger partial charge in [-0.2, -0.15) is 0 Å². The van der Waals surface area contributed by atoms with Crippen LogP contribution in [0, 0.1) is 5.92 Å². The molecule has 2 N–H and O–H groups in total. The molecule has 4 nitrogen and oxygen atoms in total. The molecule has 1 amide bonds. The van der Waals surface area contributed by atoms with Gasteiger partial charge < -0.3 is 10.4 Å². The van der Waals surface area contributed by atoms with Crippen molar-refractivity contribution in [3.8, 4) is 0 Å². The van der Waals surface area contributed by atoms with E-state index in [0.29, 0.717) is 29.7 Å². The van der Waals surface area contributed by atoms with Crippen LogP contribution < -0.4 is 5.32 Å². The Kier molecular flexibility index (Phi) is 4.24. The Morgan fingerprint density at radius 3 is 2.64 bits per heavy atom. The number of hydrogen-bond donors (Lipinski definition) is 2. The Morgan fingerprint density at radius 2 is 1.95 bits per heavy atom. The lowest BCUT2D eigenvalue weighted by molar-refractivity contribution is -0.121. The van der Waals surface area contributed by atoms with Crippen molar-refractivity contribution in [2.75, 3.05) is 0 Å². The number of carbonyl (C=O) groups excluding carboxylic acids is 1. The molecule has 0 aliphatic heterocycles. The van der Waals surface area contributed by atoms with E-state index in [1.54, 1.807) is 12.1 Å². The number of carboxylic acid groups (broad SMARTS) is 1. The first-order chi connectivity index (χ1) is 10.6. The molecule has 1 fully saturated rings. The normalized spacial score (nSPS) is 19.6. The van der Waals surface area contributed by atoms with Crippen molar-refractivity contribution in [2.24, 2.45) is 5.92 Å². The summed E-state index contributed by atoms with van der Waals surface area (Å²) in [4.78, 5) is 23.9. The van der Waals surface area contributed by atoms with Crippen molar-refractivity contribution in [2.45, 2.75) is 25.3 Å². The van der Waals surface area contributed by atoms with Crippen LogP contribution >= 0.6 is 11.3 Å². The summed E-state index contributed by atoms with van der Waals surface area (Å²) in [6.45, 7) is 0.402.